The predicted octanol–water partition coefficient (Wildman–Crippen LogP) is 6.13. The molecule has 1 aliphatic rings. The number of rotatable bonds is 10. The Morgan fingerprint density at radius 3 is 2.81 bits per heavy atom. The van der Waals surface area contributed by atoms with Crippen molar-refractivity contribution in [1.29, 1.82) is 5.41 Å². The first-order chi connectivity index (χ1) is 17.6. The van der Waals surface area contributed by atoms with Crippen LogP contribution in [-0.2, 0) is 16.2 Å². The zero-order valence-electron chi connectivity index (χ0n) is 21.7. The third-order valence-corrected chi connectivity index (χ3v) is 8.54. The molecule has 3 heterocycles. The van der Waals surface area contributed by atoms with E-state index in [-0.39, 0.29) is 11.9 Å². The van der Waals surface area contributed by atoms with Crippen molar-refractivity contribution in [2.45, 2.75) is 45.4 Å². The monoisotopic (exact) mass is 588 g/mol. The second-order valence-corrected chi connectivity index (χ2v) is 16.9. The molecule has 37 heavy (non-hydrogen) atoms. The number of nitrogens with one attached hydrogen (secondary N) is 2. The van der Waals surface area contributed by atoms with Crippen molar-refractivity contribution in [2.24, 2.45) is 0 Å². The maximum absolute atomic E-state index is 14.5. The summed E-state index contributed by atoms with van der Waals surface area (Å²) in [4.78, 5) is 7.05. The standard InChI is InChI=1S/C26H34BrFN6O2Si/c1-18-16-35-10-9-34(18)25-14-20(19-5-6-22(27)23(28)13-19)21(15-29)26(31-25)30-24-7-8-33(32-24)17-36-11-12-37(2,3)4/h5-8,13-15,18,29H,9-12,16-17H2,1-4H3,(H,30,31,32)/t18-/m1/s1. The highest BCUT2D eigenvalue weighted by Crippen LogP contribution is 2.34. The number of nitrogens with zero attached hydrogens (tertiary/aromatic N) is 4. The van der Waals surface area contributed by atoms with Crippen molar-refractivity contribution in [2.75, 3.05) is 36.6 Å². The molecule has 11 heteroatoms. The van der Waals surface area contributed by atoms with Gasteiger partial charge in [0, 0.05) is 45.3 Å². The van der Waals surface area contributed by atoms with Gasteiger partial charge in [-0.1, -0.05) is 25.7 Å². The molecule has 1 aliphatic heterocycles. The largest absolute Gasteiger partial charge is 0.377 e. The Hall–Kier alpha value is -2.60. The number of aromatic nitrogens is 3. The summed E-state index contributed by atoms with van der Waals surface area (Å²) in [5, 5.41) is 16.0. The van der Waals surface area contributed by atoms with Crippen LogP contribution in [-0.4, -0.2) is 61.5 Å². The number of anilines is 3. The topological polar surface area (TPSA) is 88.3 Å². The highest BCUT2D eigenvalue weighted by Gasteiger charge is 2.24. The van der Waals surface area contributed by atoms with Gasteiger partial charge in [0.25, 0.3) is 0 Å². The summed E-state index contributed by atoms with van der Waals surface area (Å²) in [6, 6.07) is 9.96. The fourth-order valence-electron chi connectivity index (χ4n) is 4.06. The molecule has 0 spiro atoms. The van der Waals surface area contributed by atoms with Gasteiger partial charge >= 0.3 is 0 Å². The van der Waals surface area contributed by atoms with Crippen molar-refractivity contribution in [3.8, 4) is 11.1 Å². The molecule has 2 aromatic heterocycles. The number of morpholine rings is 1. The van der Waals surface area contributed by atoms with Gasteiger partial charge in [0.15, 0.2) is 5.82 Å². The average molecular weight is 590 g/mol. The lowest BCUT2D eigenvalue weighted by Gasteiger charge is -2.35. The molecule has 1 aromatic carbocycles. The van der Waals surface area contributed by atoms with Crippen LogP contribution in [0.4, 0.5) is 21.8 Å². The number of halogens is 2. The number of benzene rings is 1. The van der Waals surface area contributed by atoms with Crippen molar-refractivity contribution >= 4 is 47.7 Å². The Morgan fingerprint density at radius 1 is 1.30 bits per heavy atom. The minimum Gasteiger partial charge on any atom is -0.377 e. The number of hydrogen-bond donors (Lipinski definition) is 2. The van der Waals surface area contributed by atoms with Gasteiger partial charge < -0.3 is 25.1 Å². The molecule has 3 aromatic rings. The first-order valence-electron chi connectivity index (χ1n) is 12.4. The minimum atomic E-state index is -1.15. The summed E-state index contributed by atoms with van der Waals surface area (Å²) in [5.74, 6) is 1.43. The molecule has 1 fully saturated rings. The summed E-state index contributed by atoms with van der Waals surface area (Å²) in [7, 11) is -1.15. The first kappa shape index (κ1) is 27.4. The first-order valence-corrected chi connectivity index (χ1v) is 16.9. The van der Waals surface area contributed by atoms with E-state index in [0.29, 0.717) is 65.9 Å². The fourth-order valence-corrected chi connectivity index (χ4v) is 5.06. The van der Waals surface area contributed by atoms with Crippen LogP contribution in [0, 0.1) is 11.2 Å². The van der Waals surface area contributed by atoms with Gasteiger partial charge in [0.2, 0.25) is 0 Å². The summed E-state index contributed by atoms with van der Waals surface area (Å²) >= 11 is 3.23. The van der Waals surface area contributed by atoms with Gasteiger partial charge in [0.1, 0.15) is 24.2 Å². The van der Waals surface area contributed by atoms with Crippen molar-refractivity contribution < 1.29 is 13.9 Å². The minimum absolute atomic E-state index is 0.127. The van der Waals surface area contributed by atoms with Crippen molar-refractivity contribution in [1.82, 2.24) is 14.8 Å². The molecule has 0 aliphatic carbocycles. The maximum atomic E-state index is 14.5. The van der Waals surface area contributed by atoms with E-state index in [2.05, 4.69) is 57.8 Å². The highest BCUT2D eigenvalue weighted by atomic mass is 79.9. The fraction of sp³-hybridized carbons (Fsp3) is 0.423. The third-order valence-electron chi connectivity index (χ3n) is 6.19. The molecular weight excluding hydrogens is 555 g/mol. The molecule has 2 N–H and O–H groups in total. The Kier molecular flexibility index (Phi) is 8.78. The Bertz CT molecular complexity index is 1250. The Labute approximate surface area is 226 Å². The molecule has 0 bridgehead atoms. The highest BCUT2D eigenvalue weighted by molar-refractivity contribution is 9.10. The van der Waals surface area contributed by atoms with Gasteiger partial charge in [-0.15, -0.1) is 0 Å². The van der Waals surface area contributed by atoms with Gasteiger partial charge in [-0.3, -0.25) is 0 Å². The van der Waals surface area contributed by atoms with Crippen LogP contribution in [0.2, 0.25) is 25.7 Å². The van der Waals surface area contributed by atoms with Crippen LogP contribution < -0.4 is 10.2 Å². The zero-order valence-corrected chi connectivity index (χ0v) is 24.3. The lowest BCUT2D eigenvalue weighted by atomic mass is 10.0. The zero-order chi connectivity index (χ0) is 26.6. The van der Waals surface area contributed by atoms with Gasteiger partial charge in [-0.2, -0.15) is 5.10 Å². The quantitative estimate of drug-likeness (QED) is 0.168. The normalized spacial score (nSPS) is 16.2. The maximum Gasteiger partial charge on any atom is 0.153 e. The van der Waals surface area contributed by atoms with E-state index in [1.165, 1.54) is 12.3 Å². The molecule has 0 saturated carbocycles. The summed E-state index contributed by atoms with van der Waals surface area (Å²) in [6.07, 6.45) is 3.09. The van der Waals surface area contributed by atoms with E-state index in [1.54, 1.807) is 10.7 Å². The van der Waals surface area contributed by atoms with E-state index in [4.69, 9.17) is 19.9 Å². The lowest BCUT2D eigenvalue weighted by Crippen LogP contribution is -2.44. The summed E-state index contributed by atoms with van der Waals surface area (Å²) in [6.45, 7) is 12.0. The molecule has 1 saturated heterocycles. The molecule has 4 rings (SSSR count). The van der Waals surface area contributed by atoms with Crippen LogP contribution >= 0.6 is 15.9 Å². The van der Waals surface area contributed by atoms with Crippen LogP contribution in [0.15, 0.2) is 41.0 Å². The van der Waals surface area contributed by atoms with Crippen LogP contribution in [0.25, 0.3) is 11.1 Å². The third kappa shape index (κ3) is 7.04. The lowest BCUT2D eigenvalue weighted by molar-refractivity contribution is 0.0788. The van der Waals surface area contributed by atoms with Crippen LogP contribution in [0.1, 0.15) is 12.5 Å². The second-order valence-electron chi connectivity index (χ2n) is 10.4. The molecule has 0 amide bonds. The van der Waals surface area contributed by atoms with E-state index in [0.717, 1.165) is 11.9 Å². The number of hydrogen-bond acceptors (Lipinski definition) is 7. The SMILES string of the molecule is C[C@@H]1COCCN1c1cc(-c2ccc(Br)c(F)c2)c(C=N)c(Nc2ccn(COCC[Si](C)(C)C)n2)n1. The molecule has 1 atom stereocenters. The number of pyridine rings is 1. The molecule has 0 radical (unpaired) electrons. The summed E-state index contributed by atoms with van der Waals surface area (Å²) < 4.78 is 28.0. The van der Waals surface area contributed by atoms with Crippen molar-refractivity contribution in [3.05, 3.63) is 52.4 Å². The number of ether oxygens (including phenoxy) is 2. The van der Waals surface area contributed by atoms with E-state index in [1.807, 2.05) is 24.4 Å². The molecule has 8 nitrogen and oxygen atoms in total. The predicted molar refractivity (Wildman–Crippen MR) is 152 cm³/mol. The molecule has 0 unspecified atom stereocenters. The Balaban J connectivity index is 1.65. The van der Waals surface area contributed by atoms with Crippen LogP contribution in [0.3, 0.4) is 0 Å². The average Bonchev–Trinajstić information content (AvgIpc) is 3.30. The second kappa shape index (κ2) is 11.8. The molecular formula is C26H34BrFN6O2Si. The van der Waals surface area contributed by atoms with Gasteiger partial charge in [-0.05, 0) is 58.2 Å². The Morgan fingerprint density at radius 2 is 2.11 bits per heavy atom. The van der Waals surface area contributed by atoms with E-state index >= 15 is 0 Å². The van der Waals surface area contributed by atoms with Gasteiger partial charge in [-0.25, -0.2) is 14.1 Å². The van der Waals surface area contributed by atoms with Crippen molar-refractivity contribution in [3.63, 3.8) is 0 Å². The van der Waals surface area contributed by atoms with E-state index < -0.39 is 8.07 Å². The van der Waals surface area contributed by atoms with E-state index in [9.17, 15) is 4.39 Å². The smallest absolute Gasteiger partial charge is 0.153 e. The van der Waals surface area contributed by atoms with Crippen LogP contribution in [0.5, 0.6) is 0 Å². The summed E-state index contributed by atoms with van der Waals surface area (Å²) in [5.41, 5.74) is 1.92. The van der Waals surface area contributed by atoms with Gasteiger partial charge in [0.05, 0.1) is 23.7 Å². The molecule has 198 valence electrons.